The fraction of sp³-hybridized carbons (Fsp3) is 0.533. The Morgan fingerprint density at radius 3 is 2.79 bits per heavy atom. The third kappa shape index (κ3) is 4.91. The summed E-state index contributed by atoms with van der Waals surface area (Å²) >= 11 is 0. The zero-order valence-corrected chi connectivity index (χ0v) is 12.2. The van der Waals surface area contributed by atoms with Crippen molar-refractivity contribution in [3.05, 3.63) is 29.3 Å². The molecule has 1 amide bonds. The number of carbonyl (C=O) groups is 1. The molecule has 1 atom stereocenters. The molecule has 4 heteroatoms. The van der Waals surface area contributed by atoms with Crippen LogP contribution < -0.4 is 15.4 Å². The molecule has 0 radical (unpaired) electrons. The van der Waals surface area contributed by atoms with E-state index >= 15 is 0 Å². The molecule has 0 aromatic heterocycles. The van der Waals surface area contributed by atoms with E-state index < -0.39 is 0 Å². The van der Waals surface area contributed by atoms with Crippen molar-refractivity contribution >= 4 is 5.91 Å². The van der Waals surface area contributed by atoms with Gasteiger partial charge in [-0.15, -0.1) is 0 Å². The third-order valence-corrected chi connectivity index (χ3v) is 3.06. The molecule has 1 aromatic rings. The van der Waals surface area contributed by atoms with Crippen LogP contribution in [0.15, 0.2) is 18.2 Å². The number of rotatable bonds is 7. The lowest BCUT2D eigenvalue weighted by Gasteiger charge is -2.18. The second-order valence-electron chi connectivity index (χ2n) is 4.74. The number of ether oxygens (including phenoxy) is 1. The number of nitrogens with one attached hydrogen (secondary N) is 2. The number of amides is 1. The molecule has 0 saturated heterocycles. The topological polar surface area (TPSA) is 50.4 Å². The minimum atomic E-state index is -0.0445. The maximum Gasteiger partial charge on any atom is 0.220 e. The highest BCUT2D eigenvalue weighted by molar-refractivity contribution is 5.76. The first-order chi connectivity index (χ1) is 9.08. The lowest BCUT2D eigenvalue weighted by molar-refractivity contribution is -0.121. The molecule has 0 heterocycles. The summed E-state index contributed by atoms with van der Waals surface area (Å²) in [6.07, 6.45) is 1.39. The largest absolute Gasteiger partial charge is 0.496 e. The first-order valence-corrected chi connectivity index (χ1v) is 6.67. The van der Waals surface area contributed by atoms with Crippen LogP contribution in [-0.4, -0.2) is 26.6 Å². The summed E-state index contributed by atoms with van der Waals surface area (Å²) in [5.41, 5.74) is 2.18. The van der Waals surface area contributed by atoms with E-state index in [1.165, 1.54) is 0 Å². The molecule has 0 fully saturated rings. The number of carbonyl (C=O) groups excluding carboxylic acids is 1. The smallest absolute Gasteiger partial charge is 0.220 e. The first kappa shape index (κ1) is 15.5. The van der Waals surface area contributed by atoms with Crippen LogP contribution >= 0.6 is 0 Å². The van der Waals surface area contributed by atoms with Crippen molar-refractivity contribution in [1.29, 1.82) is 0 Å². The van der Waals surface area contributed by atoms with E-state index in [9.17, 15) is 4.79 Å². The fourth-order valence-corrected chi connectivity index (χ4v) is 2.01. The number of hydrogen-bond acceptors (Lipinski definition) is 3. The standard InChI is InChI=1S/C15H24N2O2/c1-11-7-8-14(19-4)13(10-11)12(2)17-15(18)6-5-9-16-3/h7-8,10,12,16H,5-6,9H2,1-4H3,(H,17,18). The molecule has 0 saturated carbocycles. The Bertz CT molecular complexity index is 419. The average Bonchev–Trinajstić information content (AvgIpc) is 2.39. The Hall–Kier alpha value is -1.55. The molecule has 0 aliphatic rings. The van der Waals surface area contributed by atoms with E-state index in [-0.39, 0.29) is 11.9 Å². The summed E-state index contributed by atoms with van der Waals surface area (Å²) in [5, 5.41) is 6.04. The van der Waals surface area contributed by atoms with Crippen molar-refractivity contribution in [2.75, 3.05) is 20.7 Å². The van der Waals surface area contributed by atoms with E-state index in [4.69, 9.17) is 4.74 Å². The van der Waals surface area contributed by atoms with Gasteiger partial charge in [0.25, 0.3) is 0 Å². The zero-order valence-electron chi connectivity index (χ0n) is 12.2. The second kappa shape index (κ2) is 7.79. The highest BCUT2D eigenvalue weighted by atomic mass is 16.5. The molecular formula is C15H24N2O2. The first-order valence-electron chi connectivity index (χ1n) is 6.67. The van der Waals surface area contributed by atoms with Gasteiger partial charge in [-0.1, -0.05) is 17.7 Å². The predicted octanol–water partition coefficient (Wildman–Crippen LogP) is 2.18. The van der Waals surface area contributed by atoms with Crippen LogP contribution in [0.4, 0.5) is 0 Å². The van der Waals surface area contributed by atoms with Crippen molar-refractivity contribution in [2.24, 2.45) is 0 Å². The van der Waals surface area contributed by atoms with Gasteiger partial charge in [0, 0.05) is 12.0 Å². The fourth-order valence-electron chi connectivity index (χ4n) is 2.01. The van der Waals surface area contributed by atoms with Gasteiger partial charge in [0.15, 0.2) is 0 Å². The molecule has 4 nitrogen and oxygen atoms in total. The molecule has 2 N–H and O–H groups in total. The molecule has 0 aliphatic heterocycles. The van der Waals surface area contributed by atoms with Crippen LogP contribution in [-0.2, 0) is 4.79 Å². The highest BCUT2D eigenvalue weighted by Gasteiger charge is 2.13. The van der Waals surface area contributed by atoms with Crippen LogP contribution in [0.1, 0.15) is 36.9 Å². The van der Waals surface area contributed by atoms with Crippen LogP contribution in [0.3, 0.4) is 0 Å². The molecule has 1 aromatic carbocycles. The van der Waals surface area contributed by atoms with E-state index in [2.05, 4.69) is 16.7 Å². The minimum Gasteiger partial charge on any atom is -0.496 e. The maximum absolute atomic E-state index is 11.8. The quantitative estimate of drug-likeness (QED) is 0.742. The van der Waals surface area contributed by atoms with Gasteiger partial charge in [0.2, 0.25) is 5.91 Å². The number of benzene rings is 1. The molecule has 0 spiro atoms. The van der Waals surface area contributed by atoms with E-state index in [1.807, 2.05) is 33.0 Å². The Balaban J connectivity index is 2.64. The van der Waals surface area contributed by atoms with Gasteiger partial charge in [-0.05, 0) is 39.9 Å². The predicted molar refractivity (Wildman–Crippen MR) is 77.4 cm³/mol. The van der Waals surface area contributed by atoms with Crippen molar-refractivity contribution < 1.29 is 9.53 Å². The van der Waals surface area contributed by atoms with E-state index in [0.29, 0.717) is 6.42 Å². The monoisotopic (exact) mass is 264 g/mol. The summed E-state index contributed by atoms with van der Waals surface area (Å²) in [5.74, 6) is 0.889. The Labute approximate surface area is 115 Å². The summed E-state index contributed by atoms with van der Waals surface area (Å²) in [4.78, 5) is 11.8. The Morgan fingerprint density at radius 1 is 1.42 bits per heavy atom. The number of methoxy groups -OCH3 is 1. The summed E-state index contributed by atoms with van der Waals surface area (Å²) in [7, 11) is 3.54. The Kier molecular flexibility index (Phi) is 6.36. The molecule has 106 valence electrons. The lowest BCUT2D eigenvalue weighted by Crippen LogP contribution is -2.27. The molecule has 1 unspecified atom stereocenters. The molecule has 0 bridgehead atoms. The van der Waals surface area contributed by atoms with Crippen LogP contribution in [0.25, 0.3) is 0 Å². The number of hydrogen-bond donors (Lipinski definition) is 2. The van der Waals surface area contributed by atoms with Gasteiger partial charge in [-0.25, -0.2) is 0 Å². The highest BCUT2D eigenvalue weighted by Crippen LogP contribution is 2.26. The normalized spacial score (nSPS) is 12.0. The van der Waals surface area contributed by atoms with Crippen LogP contribution in [0.5, 0.6) is 5.75 Å². The van der Waals surface area contributed by atoms with Gasteiger partial charge in [-0.3, -0.25) is 4.79 Å². The van der Waals surface area contributed by atoms with Crippen LogP contribution in [0, 0.1) is 6.92 Å². The zero-order chi connectivity index (χ0) is 14.3. The minimum absolute atomic E-state index is 0.0445. The maximum atomic E-state index is 11.8. The van der Waals surface area contributed by atoms with Gasteiger partial charge >= 0.3 is 0 Å². The molecular weight excluding hydrogens is 240 g/mol. The summed E-state index contributed by atoms with van der Waals surface area (Å²) in [6.45, 7) is 4.87. The summed E-state index contributed by atoms with van der Waals surface area (Å²) < 4.78 is 5.34. The SMILES string of the molecule is CNCCCC(=O)NC(C)c1cc(C)ccc1OC. The third-order valence-electron chi connectivity index (χ3n) is 3.06. The number of aryl methyl sites for hydroxylation is 1. The molecule has 0 aliphatic carbocycles. The Morgan fingerprint density at radius 2 is 2.16 bits per heavy atom. The molecule has 19 heavy (non-hydrogen) atoms. The van der Waals surface area contributed by atoms with Gasteiger partial charge in [0.05, 0.1) is 13.2 Å². The van der Waals surface area contributed by atoms with Crippen molar-refractivity contribution in [2.45, 2.75) is 32.7 Å². The van der Waals surface area contributed by atoms with Gasteiger partial charge in [-0.2, -0.15) is 0 Å². The van der Waals surface area contributed by atoms with Crippen molar-refractivity contribution in [1.82, 2.24) is 10.6 Å². The molecule has 1 rings (SSSR count). The van der Waals surface area contributed by atoms with Crippen molar-refractivity contribution in [3.63, 3.8) is 0 Å². The van der Waals surface area contributed by atoms with Crippen LogP contribution in [0.2, 0.25) is 0 Å². The van der Waals surface area contributed by atoms with Gasteiger partial charge in [0.1, 0.15) is 5.75 Å². The second-order valence-corrected chi connectivity index (χ2v) is 4.74. The van der Waals surface area contributed by atoms with Crippen molar-refractivity contribution in [3.8, 4) is 5.75 Å². The average molecular weight is 264 g/mol. The van der Waals surface area contributed by atoms with Gasteiger partial charge < -0.3 is 15.4 Å². The van der Waals surface area contributed by atoms with E-state index in [0.717, 1.165) is 29.8 Å². The van der Waals surface area contributed by atoms with E-state index in [1.54, 1.807) is 7.11 Å². The summed E-state index contributed by atoms with van der Waals surface area (Å²) in [6, 6.07) is 5.95. The lowest BCUT2D eigenvalue weighted by atomic mass is 10.0.